The maximum absolute atomic E-state index is 13.4. The first-order valence-electron chi connectivity index (χ1n) is 9.32. The van der Waals surface area contributed by atoms with Gasteiger partial charge in [-0.1, -0.05) is 48.3 Å². The van der Waals surface area contributed by atoms with Gasteiger partial charge in [-0.05, 0) is 36.5 Å². The van der Waals surface area contributed by atoms with Crippen molar-refractivity contribution < 1.29 is 17.2 Å². The van der Waals surface area contributed by atoms with Crippen molar-refractivity contribution in [3.63, 3.8) is 0 Å². The molecule has 1 saturated heterocycles. The van der Waals surface area contributed by atoms with Crippen LogP contribution >= 0.6 is 23.2 Å². The van der Waals surface area contributed by atoms with Gasteiger partial charge in [0, 0.05) is 31.0 Å². The van der Waals surface area contributed by atoms with Gasteiger partial charge in [0.05, 0.1) is 21.4 Å². The molecule has 0 aromatic heterocycles. The Morgan fingerprint density at radius 1 is 1.14 bits per heavy atom. The van der Waals surface area contributed by atoms with Crippen molar-refractivity contribution in [3.05, 3.63) is 51.7 Å². The van der Waals surface area contributed by atoms with Crippen LogP contribution in [0, 0.1) is 5.92 Å². The molecule has 0 spiro atoms. The third-order valence-electron chi connectivity index (χ3n) is 5.28. The number of alkyl halides is 2. The van der Waals surface area contributed by atoms with E-state index < -0.39 is 15.8 Å². The predicted molar refractivity (Wildman–Crippen MR) is 109 cm³/mol. The molecule has 0 N–H and O–H groups in total. The van der Waals surface area contributed by atoms with Crippen LogP contribution in [-0.2, 0) is 16.3 Å². The number of hydrogen-bond acceptors (Lipinski definition) is 3. The molecule has 154 valence electrons. The van der Waals surface area contributed by atoms with Crippen LogP contribution in [0.2, 0.25) is 0 Å². The molecule has 8 heteroatoms. The molecule has 0 amide bonds. The molecule has 1 aromatic carbocycles. The van der Waals surface area contributed by atoms with Crippen molar-refractivity contribution in [2.45, 2.75) is 43.4 Å². The third-order valence-corrected chi connectivity index (χ3v) is 7.67. The third kappa shape index (κ3) is 4.89. The first-order valence-corrected chi connectivity index (χ1v) is 11.7. The second-order valence-electron chi connectivity index (χ2n) is 7.33. The van der Waals surface area contributed by atoms with E-state index >= 15 is 0 Å². The zero-order valence-electron chi connectivity index (χ0n) is 15.6. The normalized spacial score (nSPS) is 23.0. The number of rotatable bonds is 5. The standard InChI is InChI=1S/C20H23Cl2F2NO2S/c1-2-28(26,27)16-5-3-14(4-6-16)11-15-12-17(21)19(18(22)13-15)25-9-7-20(23,24)8-10-25/h3-6,12,15H,2,7-11,13H2,1H3. The monoisotopic (exact) mass is 449 g/mol. The first-order chi connectivity index (χ1) is 13.1. The Labute approximate surface area is 174 Å². The van der Waals surface area contributed by atoms with Gasteiger partial charge in [0.25, 0.3) is 5.92 Å². The largest absolute Gasteiger partial charge is 0.369 e. The van der Waals surface area contributed by atoms with Gasteiger partial charge in [-0.2, -0.15) is 0 Å². The number of piperidine rings is 1. The summed E-state index contributed by atoms with van der Waals surface area (Å²) < 4.78 is 50.6. The maximum Gasteiger partial charge on any atom is 0.251 e. The van der Waals surface area contributed by atoms with Crippen molar-refractivity contribution >= 4 is 33.0 Å². The summed E-state index contributed by atoms with van der Waals surface area (Å²) in [6.07, 6.45) is 2.79. The van der Waals surface area contributed by atoms with Crippen molar-refractivity contribution in [1.82, 2.24) is 4.90 Å². The summed E-state index contributed by atoms with van der Waals surface area (Å²) in [5.41, 5.74) is 1.66. The molecule has 1 aliphatic heterocycles. The number of allylic oxidation sites excluding steroid dienone is 3. The maximum atomic E-state index is 13.4. The highest BCUT2D eigenvalue weighted by molar-refractivity contribution is 7.91. The number of halogens is 4. The van der Waals surface area contributed by atoms with Crippen LogP contribution in [-0.4, -0.2) is 38.1 Å². The molecule has 1 fully saturated rings. The Balaban J connectivity index is 1.68. The Bertz CT molecular complexity index is 885. The summed E-state index contributed by atoms with van der Waals surface area (Å²) >= 11 is 12.9. The quantitative estimate of drug-likeness (QED) is 0.607. The number of sulfone groups is 1. The Kier molecular flexibility index (Phi) is 6.42. The average Bonchev–Trinajstić information content (AvgIpc) is 2.63. The van der Waals surface area contributed by atoms with Crippen LogP contribution in [0.4, 0.5) is 8.78 Å². The molecule has 1 aromatic rings. The number of benzene rings is 1. The molecule has 3 nitrogen and oxygen atoms in total. The van der Waals surface area contributed by atoms with Gasteiger partial charge in [0.15, 0.2) is 9.84 Å². The van der Waals surface area contributed by atoms with E-state index in [-0.39, 0.29) is 37.6 Å². The second kappa shape index (κ2) is 8.33. The van der Waals surface area contributed by atoms with Gasteiger partial charge in [0.2, 0.25) is 0 Å². The summed E-state index contributed by atoms with van der Waals surface area (Å²) in [7, 11) is -3.21. The average molecular weight is 450 g/mol. The molecule has 1 aliphatic carbocycles. The first kappa shape index (κ1) is 21.6. The number of hydrogen-bond donors (Lipinski definition) is 0. The zero-order valence-corrected chi connectivity index (χ0v) is 17.9. The lowest BCUT2D eigenvalue weighted by atomic mass is 9.91. The summed E-state index contributed by atoms with van der Waals surface area (Å²) in [4.78, 5) is 2.16. The van der Waals surface area contributed by atoms with Crippen LogP contribution in [0.1, 0.15) is 31.7 Å². The molecular weight excluding hydrogens is 427 g/mol. The minimum Gasteiger partial charge on any atom is -0.369 e. The van der Waals surface area contributed by atoms with Gasteiger partial charge >= 0.3 is 0 Å². The van der Waals surface area contributed by atoms with E-state index in [0.29, 0.717) is 33.5 Å². The highest BCUT2D eigenvalue weighted by Crippen LogP contribution is 2.39. The lowest BCUT2D eigenvalue weighted by Gasteiger charge is -2.37. The molecule has 0 radical (unpaired) electrons. The van der Waals surface area contributed by atoms with Crippen molar-refractivity contribution in [2.75, 3.05) is 18.8 Å². The van der Waals surface area contributed by atoms with Crippen LogP contribution in [0.3, 0.4) is 0 Å². The van der Waals surface area contributed by atoms with Gasteiger partial charge < -0.3 is 4.90 Å². The topological polar surface area (TPSA) is 37.4 Å². The van der Waals surface area contributed by atoms with Gasteiger partial charge in [-0.25, -0.2) is 17.2 Å². The fraction of sp³-hybridized carbons (Fsp3) is 0.500. The van der Waals surface area contributed by atoms with E-state index in [1.54, 1.807) is 19.1 Å². The molecular formula is C20H23Cl2F2NO2S. The lowest BCUT2D eigenvalue weighted by molar-refractivity contribution is -0.0486. The summed E-state index contributed by atoms with van der Waals surface area (Å²) in [6, 6.07) is 6.87. The Hall–Kier alpha value is -1.11. The highest BCUT2D eigenvalue weighted by Gasteiger charge is 2.36. The van der Waals surface area contributed by atoms with Gasteiger partial charge in [-0.15, -0.1) is 0 Å². The molecule has 0 bridgehead atoms. The van der Waals surface area contributed by atoms with Crippen molar-refractivity contribution in [2.24, 2.45) is 5.92 Å². The molecule has 28 heavy (non-hydrogen) atoms. The number of likely N-dealkylation sites (tertiary alicyclic amines) is 1. The molecule has 2 aliphatic rings. The van der Waals surface area contributed by atoms with E-state index in [9.17, 15) is 17.2 Å². The van der Waals surface area contributed by atoms with Crippen molar-refractivity contribution in [3.8, 4) is 0 Å². The molecule has 1 unspecified atom stereocenters. The smallest absolute Gasteiger partial charge is 0.251 e. The van der Waals surface area contributed by atoms with E-state index in [4.69, 9.17) is 23.2 Å². The van der Waals surface area contributed by atoms with Gasteiger partial charge in [-0.3, -0.25) is 0 Å². The Morgan fingerprint density at radius 2 is 1.75 bits per heavy atom. The lowest BCUT2D eigenvalue weighted by Crippen LogP contribution is -2.39. The zero-order chi connectivity index (χ0) is 20.5. The van der Waals surface area contributed by atoms with E-state index in [2.05, 4.69) is 0 Å². The van der Waals surface area contributed by atoms with E-state index in [1.165, 1.54) is 0 Å². The summed E-state index contributed by atoms with van der Waals surface area (Å²) in [5.74, 6) is -2.48. The van der Waals surface area contributed by atoms with E-state index in [0.717, 1.165) is 5.56 Å². The molecule has 1 heterocycles. The molecule has 1 atom stereocenters. The van der Waals surface area contributed by atoms with Crippen LogP contribution in [0.15, 0.2) is 51.0 Å². The molecule has 0 saturated carbocycles. The SMILES string of the molecule is CCS(=O)(=O)c1ccc(CC2C=C(Cl)C(N3CCC(F)(F)CC3)=C(Cl)C2)cc1. The second-order valence-corrected chi connectivity index (χ2v) is 10.5. The highest BCUT2D eigenvalue weighted by atomic mass is 35.5. The summed E-state index contributed by atoms with van der Waals surface area (Å²) in [5, 5.41) is 1.09. The fourth-order valence-corrected chi connectivity index (χ4v) is 5.38. The van der Waals surface area contributed by atoms with Crippen molar-refractivity contribution in [1.29, 1.82) is 0 Å². The minimum absolute atomic E-state index is 0.0684. The fourth-order valence-electron chi connectivity index (χ4n) is 3.61. The summed E-state index contributed by atoms with van der Waals surface area (Å²) in [6.45, 7) is 2.09. The van der Waals surface area contributed by atoms with Gasteiger partial charge in [0.1, 0.15) is 0 Å². The Morgan fingerprint density at radius 3 is 2.29 bits per heavy atom. The van der Waals surface area contributed by atoms with E-state index in [1.807, 2.05) is 23.1 Å². The number of nitrogens with zero attached hydrogens (tertiary/aromatic N) is 1. The minimum atomic E-state index is -3.21. The predicted octanol–water partition coefficient (Wildman–Crippen LogP) is 5.35. The van der Waals surface area contributed by atoms with Crippen LogP contribution < -0.4 is 0 Å². The van der Waals surface area contributed by atoms with Crippen LogP contribution in [0.25, 0.3) is 0 Å². The molecule has 3 rings (SSSR count). The van der Waals surface area contributed by atoms with Crippen LogP contribution in [0.5, 0.6) is 0 Å².